The molecule has 2 atom stereocenters. The van der Waals surface area contributed by atoms with Crippen LogP contribution in [0.4, 0.5) is 0 Å². The van der Waals surface area contributed by atoms with Crippen LogP contribution in [0.2, 0.25) is 0 Å². The van der Waals surface area contributed by atoms with Gasteiger partial charge < -0.3 is 16.0 Å². The summed E-state index contributed by atoms with van der Waals surface area (Å²) in [5.74, 6) is -0.302. The number of carbonyl (C=O) groups is 1. The molecule has 1 saturated carbocycles. The van der Waals surface area contributed by atoms with Crippen LogP contribution in [0.3, 0.4) is 0 Å². The van der Waals surface area contributed by atoms with E-state index in [9.17, 15) is 9.59 Å². The van der Waals surface area contributed by atoms with Crippen LogP contribution in [-0.2, 0) is 4.79 Å². The second-order valence-corrected chi connectivity index (χ2v) is 6.76. The second kappa shape index (κ2) is 5.97. The fraction of sp³-hybridized carbons (Fsp3) is 0.615. The number of nitrogens with one attached hydrogen (secondary N) is 2. The molecule has 1 aliphatic carbocycles. The zero-order chi connectivity index (χ0) is 14.8. The number of thioether (sulfide) groups is 1. The molecule has 6 nitrogen and oxygen atoms in total. The Morgan fingerprint density at radius 2 is 2.40 bits per heavy atom. The van der Waals surface area contributed by atoms with Gasteiger partial charge >= 0.3 is 0 Å². The summed E-state index contributed by atoms with van der Waals surface area (Å²) in [5.41, 5.74) is 4.77. The number of amides is 1. The van der Waals surface area contributed by atoms with Gasteiger partial charge in [0, 0.05) is 23.6 Å². The van der Waals surface area contributed by atoms with E-state index in [-0.39, 0.29) is 22.8 Å². The van der Waals surface area contributed by atoms with Crippen molar-refractivity contribution in [3.05, 3.63) is 22.6 Å². The SMILES string of the molecule is CC(C)NC1(C(N)=O)CCC(Sc2nccc(=O)[nH]2)C1. The Morgan fingerprint density at radius 3 is 3.00 bits per heavy atom. The maximum atomic E-state index is 11.8. The molecule has 1 aromatic rings. The van der Waals surface area contributed by atoms with Crippen LogP contribution in [0.1, 0.15) is 33.1 Å². The number of hydrogen-bond donors (Lipinski definition) is 3. The first kappa shape index (κ1) is 15.1. The highest BCUT2D eigenvalue weighted by atomic mass is 32.2. The van der Waals surface area contributed by atoms with Gasteiger partial charge in [-0.2, -0.15) is 0 Å². The molecule has 0 aliphatic heterocycles. The molecule has 2 unspecified atom stereocenters. The van der Waals surface area contributed by atoms with Gasteiger partial charge in [0.25, 0.3) is 5.56 Å². The number of aromatic nitrogens is 2. The molecule has 0 bridgehead atoms. The highest BCUT2D eigenvalue weighted by Gasteiger charge is 2.44. The van der Waals surface area contributed by atoms with Crippen LogP contribution in [0.5, 0.6) is 0 Å². The molecule has 0 saturated heterocycles. The molecule has 0 spiro atoms. The summed E-state index contributed by atoms with van der Waals surface area (Å²) < 4.78 is 0. The standard InChI is InChI=1S/C13H20N4O2S/c1-8(2)17-13(11(14)19)5-3-9(7-13)20-12-15-6-4-10(18)16-12/h4,6,8-9,17H,3,5,7H2,1-2H3,(H2,14,19)(H,15,16,18). The monoisotopic (exact) mass is 296 g/mol. The predicted octanol–water partition coefficient (Wildman–Crippen LogP) is 0.637. The largest absolute Gasteiger partial charge is 0.368 e. The van der Waals surface area contributed by atoms with Crippen molar-refractivity contribution in [2.45, 2.75) is 55.1 Å². The van der Waals surface area contributed by atoms with Crippen molar-refractivity contribution in [2.75, 3.05) is 0 Å². The maximum absolute atomic E-state index is 11.8. The van der Waals surface area contributed by atoms with Crippen molar-refractivity contribution in [1.82, 2.24) is 15.3 Å². The molecule has 20 heavy (non-hydrogen) atoms. The topological polar surface area (TPSA) is 101 Å². The highest BCUT2D eigenvalue weighted by molar-refractivity contribution is 7.99. The van der Waals surface area contributed by atoms with Crippen LogP contribution in [0, 0.1) is 0 Å². The lowest BCUT2D eigenvalue weighted by atomic mass is 9.96. The summed E-state index contributed by atoms with van der Waals surface area (Å²) in [7, 11) is 0. The first-order valence-corrected chi connectivity index (χ1v) is 7.59. The molecule has 0 aromatic carbocycles. The number of nitrogens with two attached hydrogens (primary N) is 1. The Kier molecular flexibility index (Phi) is 4.49. The van der Waals surface area contributed by atoms with Crippen molar-refractivity contribution in [2.24, 2.45) is 5.73 Å². The number of aromatic amines is 1. The molecule has 7 heteroatoms. The number of hydrogen-bond acceptors (Lipinski definition) is 5. The van der Waals surface area contributed by atoms with E-state index in [0.717, 1.165) is 12.8 Å². The lowest BCUT2D eigenvalue weighted by Gasteiger charge is -2.29. The van der Waals surface area contributed by atoms with Crippen molar-refractivity contribution in [3.8, 4) is 0 Å². The molecule has 4 N–H and O–H groups in total. The Balaban J connectivity index is 2.07. The minimum atomic E-state index is -0.638. The predicted molar refractivity (Wildman–Crippen MR) is 78.6 cm³/mol. The zero-order valence-corrected chi connectivity index (χ0v) is 12.5. The summed E-state index contributed by atoms with van der Waals surface area (Å²) in [5, 5.41) is 4.11. The van der Waals surface area contributed by atoms with Crippen LogP contribution < -0.4 is 16.6 Å². The summed E-state index contributed by atoms with van der Waals surface area (Å²) in [6, 6.07) is 1.58. The van der Waals surface area contributed by atoms with Crippen LogP contribution in [0.15, 0.2) is 22.2 Å². The molecular weight excluding hydrogens is 276 g/mol. The van der Waals surface area contributed by atoms with E-state index in [0.29, 0.717) is 11.6 Å². The first-order valence-electron chi connectivity index (χ1n) is 6.71. The Labute approximate surface area is 121 Å². The third-order valence-corrected chi connectivity index (χ3v) is 4.60. The van der Waals surface area contributed by atoms with Gasteiger partial charge in [0.2, 0.25) is 5.91 Å². The first-order chi connectivity index (χ1) is 9.41. The number of primary amides is 1. The van der Waals surface area contributed by atoms with Gasteiger partial charge in [-0.3, -0.25) is 9.59 Å². The summed E-state index contributed by atoms with van der Waals surface area (Å²) in [6.07, 6.45) is 3.73. The fourth-order valence-corrected chi connectivity index (χ4v) is 3.85. The van der Waals surface area contributed by atoms with Gasteiger partial charge in [-0.25, -0.2) is 4.98 Å². The van der Waals surface area contributed by atoms with Crippen LogP contribution in [0.25, 0.3) is 0 Å². The van der Waals surface area contributed by atoms with E-state index < -0.39 is 5.54 Å². The number of rotatable bonds is 5. The van der Waals surface area contributed by atoms with E-state index in [1.807, 2.05) is 13.8 Å². The third kappa shape index (κ3) is 3.40. The van der Waals surface area contributed by atoms with Gasteiger partial charge in [-0.1, -0.05) is 11.8 Å². The molecule has 1 heterocycles. The molecule has 1 fully saturated rings. The van der Waals surface area contributed by atoms with Gasteiger partial charge in [0.15, 0.2) is 5.16 Å². The smallest absolute Gasteiger partial charge is 0.251 e. The molecule has 110 valence electrons. The van der Waals surface area contributed by atoms with E-state index in [2.05, 4.69) is 15.3 Å². The molecule has 2 rings (SSSR count). The van der Waals surface area contributed by atoms with Crippen LogP contribution in [-0.4, -0.2) is 32.7 Å². The lowest BCUT2D eigenvalue weighted by molar-refractivity contribution is -0.124. The summed E-state index contributed by atoms with van der Waals surface area (Å²) >= 11 is 1.50. The molecule has 1 amide bonds. The zero-order valence-electron chi connectivity index (χ0n) is 11.7. The van der Waals surface area contributed by atoms with Crippen molar-refractivity contribution < 1.29 is 4.79 Å². The van der Waals surface area contributed by atoms with Crippen molar-refractivity contribution in [1.29, 1.82) is 0 Å². The number of H-pyrrole nitrogens is 1. The van der Waals surface area contributed by atoms with Gasteiger partial charge in [0.05, 0.1) is 5.54 Å². The molecular formula is C13H20N4O2S. The summed E-state index contributed by atoms with van der Waals surface area (Å²) in [6.45, 7) is 4.00. The van der Waals surface area contributed by atoms with Gasteiger partial charge in [-0.05, 0) is 33.1 Å². The Bertz CT molecular complexity index is 545. The van der Waals surface area contributed by atoms with E-state index in [1.54, 1.807) is 0 Å². The van der Waals surface area contributed by atoms with Crippen LogP contribution >= 0.6 is 11.8 Å². The average Bonchev–Trinajstić information content (AvgIpc) is 2.72. The number of nitrogens with zero attached hydrogens (tertiary/aromatic N) is 1. The van der Waals surface area contributed by atoms with E-state index in [1.165, 1.54) is 24.0 Å². The fourth-order valence-electron chi connectivity index (χ4n) is 2.65. The Morgan fingerprint density at radius 1 is 1.65 bits per heavy atom. The summed E-state index contributed by atoms with van der Waals surface area (Å²) in [4.78, 5) is 29.9. The minimum absolute atomic E-state index is 0.165. The average molecular weight is 296 g/mol. The Hall–Kier alpha value is -1.34. The van der Waals surface area contributed by atoms with Gasteiger partial charge in [-0.15, -0.1) is 0 Å². The molecule has 1 aliphatic rings. The quantitative estimate of drug-likeness (QED) is 0.692. The second-order valence-electron chi connectivity index (χ2n) is 5.47. The minimum Gasteiger partial charge on any atom is -0.368 e. The van der Waals surface area contributed by atoms with Crippen molar-refractivity contribution in [3.63, 3.8) is 0 Å². The van der Waals surface area contributed by atoms with Crippen molar-refractivity contribution >= 4 is 17.7 Å². The maximum Gasteiger partial charge on any atom is 0.251 e. The highest BCUT2D eigenvalue weighted by Crippen LogP contribution is 2.39. The molecule has 0 radical (unpaired) electrons. The molecule has 1 aromatic heterocycles. The third-order valence-electron chi connectivity index (χ3n) is 3.43. The van der Waals surface area contributed by atoms with E-state index >= 15 is 0 Å². The van der Waals surface area contributed by atoms with E-state index in [4.69, 9.17) is 5.73 Å². The lowest BCUT2D eigenvalue weighted by Crippen LogP contribution is -2.56. The normalized spacial score (nSPS) is 26.1. The van der Waals surface area contributed by atoms with Gasteiger partial charge in [0.1, 0.15) is 0 Å². The number of carbonyl (C=O) groups excluding carboxylic acids is 1.